The van der Waals surface area contributed by atoms with Gasteiger partial charge in [-0.3, -0.25) is 9.80 Å². The third-order valence-electron chi connectivity index (χ3n) is 11.0. The molecular weight excluding hydrogens is 965 g/mol. The van der Waals surface area contributed by atoms with Crippen molar-refractivity contribution in [3.05, 3.63) is 175 Å². The minimum atomic E-state index is -1.00. The predicted molar refractivity (Wildman–Crippen MR) is 267 cm³/mol. The number of anilines is 4. The fourth-order valence-electron chi connectivity index (χ4n) is 8.14. The van der Waals surface area contributed by atoms with Crippen molar-refractivity contribution in [2.75, 3.05) is 52.2 Å². The van der Waals surface area contributed by atoms with Gasteiger partial charge in [0.1, 0.15) is 23.7 Å². The van der Waals surface area contributed by atoms with E-state index in [4.69, 9.17) is 69.6 Å². The maximum absolute atomic E-state index is 13.9. The SMILES string of the molecule is CC1=C(C(=O)N2CCCN2c2ccccc2)C(c2ccc(Cl)c(Cl)c2)n2nccc2N1.CC1=C(C(=O)O)C(c2ccc(Cl)c(Cl)c2)n2nccc2N1.ClCCl.c1ccc(N2CCCN2)cc1. The van der Waals surface area contributed by atoms with E-state index in [9.17, 15) is 14.7 Å². The molecule has 4 aliphatic heterocycles. The van der Waals surface area contributed by atoms with Gasteiger partial charge in [0.05, 0.1) is 60.3 Å². The lowest BCUT2D eigenvalue weighted by molar-refractivity contribution is -0.133. The Kier molecular flexibility index (Phi) is 16.5. The van der Waals surface area contributed by atoms with Crippen molar-refractivity contribution < 1.29 is 14.7 Å². The van der Waals surface area contributed by atoms with Crippen LogP contribution in [0.1, 0.15) is 49.9 Å². The Balaban J connectivity index is 0.000000158. The van der Waals surface area contributed by atoms with Crippen LogP contribution in [0.2, 0.25) is 20.1 Å². The van der Waals surface area contributed by atoms with E-state index in [-0.39, 0.29) is 16.8 Å². The summed E-state index contributed by atoms with van der Waals surface area (Å²) in [4.78, 5) is 25.6. The number of amides is 1. The number of hydrogen-bond acceptors (Lipinski definition) is 9. The van der Waals surface area contributed by atoms with Gasteiger partial charge in [-0.05, 0) is 86.3 Å². The molecule has 66 heavy (non-hydrogen) atoms. The Bertz CT molecular complexity index is 2710. The van der Waals surface area contributed by atoms with Crippen LogP contribution >= 0.6 is 69.6 Å². The fourth-order valence-corrected chi connectivity index (χ4v) is 8.75. The summed E-state index contributed by atoms with van der Waals surface area (Å²) in [6, 6.07) is 33.7. The number of nitrogens with one attached hydrogen (secondary N) is 3. The van der Waals surface area contributed by atoms with E-state index in [0.717, 1.165) is 54.6 Å². The van der Waals surface area contributed by atoms with Crippen molar-refractivity contribution in [3.8, 4) is 0 Å². The molecule has 4 aromatic carbocycles. The summed E-state index contributed by atoms with van der Waals surface area (Å²) >= 11 is 34.0. The Morgan fingerprint density at radius 1 is 0.636 bits per heavy atom. The summed E-state index contributed by atoms with van der Waals surface area (Å²) in [5.74, 6) is 0.501. The molecule has 0 saturated carbocycles. The van der Waals surface area contributed by atoms with E-state index in [1.807, 2.05) is 76.2 Å². The molecule has 4 N–H and O–H groups in total. The number of carboxylic acids is 1. The number of carboxylic acid groups (broad SMARTS) is 1. The molecule has 344 valence electrons. The zero-order valence-corrected chi connectivity index (χ0v) is 40.3. The van der Waals surface area contributed by atoms with Gasteiger partial charge in [0.2, 0.25) is 0 Å². The topological polar surface area (TPSA) is 136 Å². The largest absolute Gasteiger partial charge is 0.478 e. The summed E-state index contributed by atoms with van der Waals surface area (Å²) in [6.45, 7) is 7.34. The number of nitrogens with zero attached hydrogens (tertiary/aromatic N) is 7. The molecule has 6 heterocycles. The molecular formula is C47H46Cl6N10O3. The van der Waals surface area contributed by atoms with Crippen LogP contribution in [0.25, 0.3) is 0 Å². The zero-order chi connectivity index (χ0) is 46.9. The number of hydrazine groups is 2. The van der Waals surface area contributed by atoms with E-state index < -0.39 is 18.1 Å². The predicted octanol–water partition coefficient (Wildman–Crippen LogP) is 11.5. The molecule has 1 amide bonds. The quantitative estimate of drug-likeness (QED) is 0.119. The fraction of sp³-hybridized carbons (Fsp3) is 0.234. The van der Waals surface area contributed by atoms with Crippen molar-refractivity contribution in [2.45, 2.75) is 38.8 Å². The van der Waals surface area contributed by atoms with Gasteiger partial charge in [-0.1, -0.05) is 94.9 Å². The molecule has 2 saturated heterocycles. The van der Waals surface area contributed by atoms with Crippen LogP contribution < -0.4 is 26.1 Å². The van der Waals surface area contributed by atoms with Crippen LogP contribution in [0.5, 0.6) is 0 Å². The van der Waals surface area contributed by atoms with E-state index in [1.54, 1.807) is 54.3 Å². The number of alkyl halides is 2. The van der Waals surface area contributed by atoms with Crippen molar-refractivity contribution >= 4 is 104 Å². The lowest BCUT2D eigenvalue weighted by Gasteiger charge is -2.35. The summed E-state index contributed by atoms with van der Waals surface area (Å²) in [6.07, 6.45) is 5.49. The molecule has 19 heteroatoms. The average molecular weight is 1010 g/mol. The highest BCUT2D eigenvalue weighted by Gasteiger charge is 2.38. The second kappa shape index (κ2) is 22.4. The minimum absolute atomic E-state index is 0.0522. The second-order valence-electron chi connectivity index (χ2n) is 15.2. The lowest BCUT2D eigenvalue weighted by atomic mass is 9.94. The number of benzene rings is 4. The number of halogens is 6. The standard InChI is InChI=1S/C23H21Cl2N5O.C14H11Cl2N3O2.C9H12N2.CH2Cl2/c1-15-21(23(31)29-13-5-12-28(29)17-6-3-2-4-7-17)22(30-20(27-15)10-11-26-30)16-8-9-18(24)19(25)14-16;1-7-12(14(20)21)13(19-11(18-7)4-5-17-19)8-2-3-9(15)10(16)6-8;1-2-5-9(6-3-1)11-8-4-7-10-11;2-1-3/h2-4,6-11,14,22,27H,5,12-13H2,1H3;2-6,13,18H,1H3,(H,20,21);1-3,5-6,10H,4,7-8H2;1H2. The first kappa shape index (κ1) is 48.6. The van der Waals surface area contributed by atoms with E-state index in [2.05, 4.69) is 55.5 Å². The highest BCUT2D eigenvalue weighted by atomic mass is 35.5. The van der Waals surface area contributed by atoms with Gasteiger partial charge in [0.25, 0.3) is 5.91 Å². The first-order valence-electron chi connectivity index (χ1n) is 20.9. The third kappa shape index (κ3) is 10.9. The summed E-state index contributed by atoms with van der Waals surface area (Å²) in [5, 5.41) is 32.6. The van der Waals surface area contributed by atoms with Crippen molar-refractivity contribution in [1.29, 1.82) is 0 Å². The van der Waals surface area contributed by atoms with Crippen molar-refractivity contribution in [2.24, 2.45) is 0 Å². The van der Waals surface area contributed by atoms with Crippen LogP contribution in [0.4, 0.5) is 23.0 Å². The number of para-hydroxylation sites is 2. The maximum atomic E-state index is 13.9. The van der Waals surface area contributed by atoms with Gasteiger partial charge in [0.15, 0.2) is 0 Å². The van der Waals surface area contributed by atoms with Crippen molar-refractivity contribution in [1.82, 2.24) is 30.0 Å². The average Bonchev–Trinajstić information content (AvgIpc) is 4.17. The molecule has 13 nitrogen and oxygen atoms in total. The highest BCUT2D eigenvalue weighted by molar-refractivity contribution is 6.42. The van der Waals surface area contributed by atoms with Crippen LogP contribution in [-0.4, -0.2) is 73.1 Å². The number of rotatable bonds is 6. The third-order valence-corrected chi connectivity index (χ3v) is 12.5. The van der Waals surface area contributed by atoms with Gasteiger partial charge in [-0.2, -0.15) is 10.2 Å². The first-order chi connectivity index (χ1) is 31.9. The number of aliphatic carboxylic acids is 1. The summed E-state index contributed by atoms with van der Waals surface area (Å²) < 4.78 is 3.44. The number of hydrogen-bond donors (Lipinski definition) is 4. The van der Waals surface area contributed by atoms with Crippen LogP contribution in [0.3, 0.4) is 0 Å². The second-order valence-corrected chi connectivity index (χ2v) is 17.6. The van der Waals surface area contributed by atoms with Gasteiger partial charge in [0, 0.05) is 49.7 Å². The van der Waals surface area contributed by atoms with Crippen LogP contribution in [-0.2, 0) is 9.59 Å². The Labute approximate surface area is 413 Å². The van der Waals surface area contributed by atoms with E-state index in [1.165, 1.54) is 12.1 Å². The molecule has 0 spiro atoms. The van der Waals surface area contributed by atoms with Crippen LogP contribution in [0.15, 0.2) is 144 Å². The number of allylic oxidation sites excluding steroid dienone is 2. The number of carbonyl (C=O) groups is 2. The van der Waals surface area contributed by atoms with E-state index in [0.29, 0.717) is 43.5 Å². The molecule has 0 aliphatic carbocycles. The summed E-state index contributed by atoms with van der Waals surface area (Å²) in [7, 11) is 0. The molecule has 2 fully saturated rings. The highest BCUT2D eigenvalue weighted by Crippen LogP contribution is 2.40. The number of aromatic nitrogens is 4. The van der Waals surface area contributed by atoms with Crippen molar-refractivity contribution in [3.63, 3.8) is 0 Å². The summed E-state index contributed by atoms with van der Waals surface area (Å²) in [5.41, 5.74) is 9.39. The van der Waals surface area contributed by atoms with E-state index >= 15 is 0 Å². The van der Waals surface area contributed by atoms with Crippen LogP contribution in [0, 0.1) is 0 Å². The molecule has 0 radical (unpaired) electrons. The molecule has 2 aromatic heterocycles. The number of carbonyl (C=O) groups excluding carboxylic acids is 1. The molecule has 0 bridgehead atoms. The first-order valence-corrected chi connectivity index (χ1v) is 23.5. The molecule has 4 aliphatic rings. The minimum Gasteiger partial charge on any atom is -0.478 e. The van der Waals surface area contributed by atoms with Gasteiger partial charge in [-0.25, -0.2) is 24.6 Å². The Hall–Kier alpha value is -5.38. The van der Waals surface area contributed by atoms with Gasteiger partial charge in [-0.15, -0.1) is 23.2 Å². The van der Waals surface area contributed by atoms with Gasteiger partial charge >= 0.3 is 5.97 Å². The van der Waals surface area contributed by atoms with Gasteiger partial charge < -0.3 is 20.7 Å². The Morgan fingerprint density at radius 2 is 1.14 bits per heavy atom. The molecule has 2 atom stereocenters. The number of fused-ring (bicyclic) bond motifs is 2. The smallest absolute Gasteiger partial charge is 0.335 e. The lowest BCUT2D eigenvalue weighted by Crippen LogP contribution is -2.44. The molecule has 10 rings (SSSR count). The monoisotopic (exact) mass is 1010 g/mol. The normalized spacial score (nSPS) is 17.2. The molecule has 2 unspecified atom stereocenters. The maximum Gasteiger partial charge on any atom is 0.335 e. The Morgan fingerprint density at radius 3 is 1.62 bits per heavy atom. The molecule has 6 aromatic rings. The zero-order valence-electron chi connectivity index (χ0n) is 35.8.